The molecule has 1 unspecified atom stereocenters. The molecule has 136 valence electrons. The highest BCUT2D eigenvalue weighted by Gasteiger charge is 2.09. The fourth-order valence-corrected chi connectivity index (χ4v) is 2.70. The molecule has 0 spiro atoms. The molecule has 6 heteroatoms. The Hall–Kier alpha value is -2.37. The number of halogens is 1. The van der Waals surface area contributed by atoms with Gasteiger partial charge in [0.15, 0.2) is 5.96 Å². The lowest BCUT2D eigenvalue weighted by Gasteiger charge is -2.18. The molecule has 0 saturated carbocycles. The third-order valence-electron chi connectivity index (χ3n) is 4.22. The van der Waals surface area contributed by atoms with Crippen molar-refractivity contribution in [3.63, 3.8) is 0 Å². The van der Waals surface area contributed by atoms with Gasteiger partial charge in [0.2, 0.25) is 0 Å². The molecule has 2 N–H and O–H groups in total. The van der Waals surface area contributed by atoms with Gasteiger partial charge in [-0.25, -0.2) is 4.39 Å². The van der Waals surface area contributed by atoms with Crippen LogP contribution in [0.3, 0.4) is 0 Å². The van der Waals surface area contributed by atoms with E-state index in [1.165, 1.54) is 5.69 Å². The minimum atomic E-state index is -0.181. The Morgan fingerprint density at radius 2 is 2.04 bits per heavy atom. The van der Waals surface area contributed by atoms with E-state index in [9.17, 15) is 4.39 Å². The molecule has 0 aliphatic rings. The molecule has 1 atom stereocenters. The maximum Gasteiger partial charge on any atom is 0.191 e. The van der Waals surface area contributed by atoms with Gasteiger partial charge in [-0.3, -0.25) is 9.67 Å². The van der Waals surface area contributed by atoms with Crippen molar-refractivity contribution in [2.45, 2.75) is 46.7 Å². The zero-order valence-corrected chi connectivity index (χ0v) is 15.7. The third-order valence-corrected chi connectivity index (χ3v) is 4.22. The Kier molecular flexibility index (Phi) is 6.56. The Labute approximate surface area is 149 Å². The SMILES string of the molecule is CN=C(NCCCn1nc(C)cc1C)NC(C)c1ccc(C)c(F)c1. The zero-order chi connectivity index (χ0) is 18.4. The summed E-state index contributed by atoms with van der Waals surface area (Å²) in [6.45, 7) is 9.47. The predicted molar refractivity (Wildman–Crippen MR) is 100 cm³/mol. The van der Waals surface area contributed by atoms with Crippen LogP contribution in [-0.2, 0) is 6.54 Å². The summed E-state index contributed by atoms with van der Waals surface area (Å²) in [6.07, 6.45) is 0.941. The average Bonchev–Trinajstić information content (AvgIpc) is 2.90. The summed E-state index contributed by atoms with van der Waals surface area (Å²) in [6, 6.07) is 7.36. The highest BCUT2D eigenvalue weighted by molar-refractivity contribution is 5.80. The zero-order valence-electron chi connectivity index (χ0n) is 15.7. The van der Waals surface area contributed by atoms with Crippen LogP contribution in [0.1, 0.15) is 41.9 Å². The van der Waals surface area contributed by atoms with Crippen LogP contribution in [0.2, 0.25) is 0 Å². The molecule has 1 aromatic heterocycles. The van der Waals surface area contributed by atoms with Crippen LogP contribution in [0.25, 0.3) is 0 Å². The van der Waals surface area contributed by atoms with E-state index in [1.807, 2.05) is 24.6 Å². The molecule has 2 aromatic rings. The molecule has 0 amide bonds. The van der Waals surface area contributed by atoms with Crippen LogP contribution in [0.4, 0.5) is 4.39 Å². The lowest BCUT2D eigenvalue weighted by atomic mass is 10.1. The van der Waals surface area contributed by atoms with E-state index in [0.29, 0.717) is 11.5 Å². The molecule has 0 fully saturated rings. The number of rotatable bonds is 6. The Balaban J connectivity index is 1.81. The van der Waals surface area contributed by atoms with Gasteiger partial charge < -0.3 is 10.6 Å². The van der Waals surface area contributed by atoms with Crippen molar-refractivity contribution in [2.75, 3.05) is 13.6 Å². The second kappa shape index (κ2) is 8.65. The first-order chi connectivity index (χ1) is 11.9. The predicted octanol–water partition coefficient (Wildman–Crippen LogP) is 3.26. The number of benzene rings is 1. The van der Waals surface area contributed by atoms with Gasteiger partial charge in [-0.2, -0.15) is 5.10 Å². The number of nitrogens with zero attached hydrogens (tertiary/aromatic N) is 3. The van der Waals surface area contributed by atoms with E-state index in [2.05, 4.69) is 33.7 Å². The van der Waals surface area contributed by atoms with Crippen molar-refractivity contribution in [2.24, 2.45) is 4.99 Å². The summed E-state index contributed by atoms with van der Waals surface area (Å²) >= 11 is 0. The summed E-state index contributed by atoms with van der Waals surface area (Å²) in [5.74, 6) is 0.529. The van der Waals surface area contributed by atoms with Crippen molar-refractivity contribution in [1.29, 1.82) is 0 Å². The monoisotopic (exact) mass is 345 g/mol. The topological polar surface area (TPSA) is 54.2 Å². The van der Waals surface area contributed by atoms with Crippen LogP contribution in [-0.4, -0.2) is 29.3 Å². The number of aryl methyl sites for hydroxylation is 4. The molecule has 1 heterocycles. The fourth-order valence-electron chi connectivity index (χ4n) is 2.70. The number of aromatic nitrogens is 2. The van der Waals surface area contributed by atoms with Crippen molar-refractivity contribution in [3.05, 3.63) is 52.6 Å². The number of hydrogen-bond acceptors (Lipinski definition) is 2. The molecule has 1 aromatic carbocycles. The van der Waals surface area contributed by atoms with Crippen LogP contribution in [0.5, 0.6) is 0 Å². The second-order valence-electron chi connectivity index (χ2n) is 6.38. The smallest absolute Gasteiger partial charge is 0.191 e. The Morgan fingerprint density at radius 1 is 1.28 bits per heavy atom. The lowest BCUT2D eigenvalue weighted by Crippen LogP contribution is -2.39. The maximum atomic E-state index is 13.7. The van der Waals surface area contributed by atoms with Gasteiger partial charge in [0, 0.05) is 25.8 Å². The number of guanidine groups is 1. The van der Waals surface area contributed by atoms with Crippen molar-refractivity contribution >= 4 is 5.96 Å². The van der Waals surface area contributed by atoms with Crippen molar-refractivity contribution in [3.8, 4) is 0 Å². The van der Waals surface area contributed by atoms with Crippen LogP contribution < -0.4 is 10.6 Å². The van der Waals surface area contributed by atoms with Crippen molar-refractivity contribution in [1.82, 2.24) is 20.4 Å². The van der Waals surface area contributed by atoms with E-state index in [0.717, 1.165) is 30.8 Å². The lowest BCUT2D eigenvalue weighted by molar-refractivity contribution is 0.553. The largest absolute Gasteiger partial charge is 0.356 e. The highest BCUT2D eigenvalue weighted by Crippen LogP contribution is 2.16. The standard InChI is InChI=1S/C19H28FN5/c1-13-7-8-17(12-18(13)20)16(4)23-19(21-5)22-9-6-10-25-15(3)11-14(2)24-25/h7-8,11-12,16H,6,9-10H2,1-5H3,(H2,21,22,23). The first-order valence-corrected chi connectivity index (χ1v) is 8.65. The van der Waals surface area contributed by atoms with Crippen LogP contribution in [0, 0.1) is 26.6 Å². The van der Waals surface area contributed by atoms with E-state index in [-0.39, 0.29) is 11.9 Å². The molecule has 0 bridgehead atoms. The van der Waals surface area contributed by atoms with Gasteiger partial charge in [-0.05, 0) is 57.4 Å². The maximum absolute atomic E-state index is 13.7. The summed E-state index contributed by atoms with van der Waals surface area (Å²) in [4.78, 5) is 4.24. The first kappa shape index (κ1) is 19.0. The molecule has 0 aliphatic heterocycles. The Morgan fingerprint density at radius 3 is 2.64 bits per heavy atom. The van der Waals surface area contributed by atoms with E-state index >= 15 is 0 Å². The Bertz CT molecular complexity index is 735. The highest BCUT2D eigenvalue weighted by atomic mass is 19.1. The number of aliphatic imine (C=N–C) groups is 1. The number of nitrogens with one attached hydrogen (secondary N) is 2. The molecule has 0 saturated heterocycles. The fraction of sp³-hybridized carbons (Fsp3) is 0.474. The molecule has 5 nitrogen and oxygen atoms in total. The average molecular weight is 345 g/mol. The summed E-state index contributed by atoms with van der Waals surface area (Å²) < 4.78 is 15.7. The van der Waals surface area contributed by atoms with Crippen LogP contribution >= 0.6 is 0 Å². The third kappa shape index (κ3) is 5.31. The summed E-state index contributed by atoms with van der Waals surface area (Å²) in [5, 5.41) is 11.0. The van der Waals surface area contributed by atoms with Gasteiger partial charge in [0.05, 0.1) is 11.7 Å². The van der Waals surface area contributed by atoms with E-state index in [4.69, 9.17) is 0 Å². The van der Waals surface area contributed by atoms with Gasteiger partial charge in [-0.15, -0.1) is 0 Å². The van der Waals surface area contributed by atoms with E-state index < -0.39 is 0 Å². The van der Waals surface area contributed by atoms with E-state index in [1.54, 1.807) is 26.1 Å². The molecule has 25 heavy (non-hydrogen) atoms. The number of hydrogen-bond donors (Lipinski definition) is 2. The minimum Gasteiger partial charge on any atom is -0.356 e. The van der Waals surface area contributed by atoms with Gasteiger partial charge in [0.1, 0.15) is 5.82 Å². The molecular formula is C19H28FN5. The second-order valence-corrected chi connectivity index (χ2v) is 6.38. The van der Waals surface area contributed by atoms with Crippen molar-refractivity contribution < 1.29 is 4.39 Å². The summed E-state index contributed by atoms with van der Waals surface area (Å²) in [5.41, 5.74) is 3.77. The molecular weight excluding hydrogens is 317 g/mol. The quantitative estimate of drug-likeness (QED) is 0.480. The molecule has 2 rings (SSSR count). The minimum absolute atomic E-state index is 0.0303. The van der Waals surface area contributed by atoms with Gasteiger partial charge in [0.25, 0.3) is 0 Å². The van der Waals surface area contributed by atoms with Crippen LogP contribution in [0.15, 0.2) is 29.3 Å². The molecule has 0 aliphatic carbocycles. The van der Waals surface area contributed by atoms with Gasteiger partial charge in [-0.1, -0.05) is 12.1 Å². The normalized spacial score (nSPS) is 13.0. The first-order valence-electron chi connectivity index (χ1n) is 8.65. The molecule has 0 radical (unpaired) electrons. The van der Waals surface area contributed by atoms with Gasteiger partial charge >= 0.3 is 0 Å². The summed E-state index contributed by atoms with van der Waals surface area (Å²) in [7, 11) is 1.73.